The number of nitrogens with zero attached hydrogens (tertiary/aromatic N) is 1. The molecule has 1 aromatic carbocycles. The maximum atomic E-state index is 5.44. The summed E-state index contributed by atoms with van der Waals surface area (Å²) < 4.78 is 5.44. The van der Waals surface area contributed by atoms with E-state index in [-0.39, 0.29) is 0 Å². The summed E-state index contributed by atoms with van der Waals surface area (Å²) in [5, 5.41) is 4.61. The fourth-order valence-corrected chi connectivity index (χ4v) is 2.42. The molecule has 3 nitrogen and oxygen atoms in total. The van der Waals surface area contributed by atoms with Gasteiger partial charge in [0.2, 0.25) is 0 Å². The Bertz CT molecular complexity index is 484. The molecule has 1 N–H and O–H groups in total. The Hall–Kier alpha value is -1.32. The number of rotatable bonds is 2. The van der Waals surface area contributed by atoms with Gasteiger partial charge in [0.15, 0.2) is 0 Å². The number of hydrogen-bond acceptors (Lipinski definition) is 3. The number of fused-ring (bicyclic) bond motifs is 1. The van der Waals surface area contributed by atoms with Crippen LogP contribution in [0.15, 0.2) is 34.9 Å². The van der Waals surface area contributed by atoms with Crippen molar-refractivity contribution in [3.8, 4) is 0 Å². The smallest absolute Gasteiger partial charge is 0.134 e. The highest BCUT2D eigenvalue weighted by molar-refractivity contribution is 5.77. The number of furan rings is 1. The van der Waals surface area contributed by atoms with Crippen LogP contribution in [0.3, 0.4) is 0 Å². The zero-order valence-corrected chi connectivity index (χ0v) is 9.98. The van der Waals surface area contributed by atoms with Gasteiger partial charge in [-0.3, -0.25) is 4.90 Å². The molecule has 0 spiro atoms. The van der Waals surface area contributed by atoms with E-state index in [9.17, 15) is 0 Å². The van der Waals surface area contributed by atoms with Crippen molar-refractivity contribution in [2.75, 3.05) is 26.2 Å². The van der Waals surface area contributed by atoms with Crippen LogP contribution in [0.1, 0.15) is 12.0 Å². The maximum Gasteiger partial charge on any atom is 0.134 e. The average molecular weight is 230 g/mol. The maximum absolute atomic E-state index is 5.44. The van der Waals surface area contributed by atoms with Crippen molar-refractivity contribution in [2.24, 2.45) is 0 Å². The van der Waals surface area contributed by atoms with Crippen molar-refractivity contribution >= 4 is 11.0 Å². The molecule has 1 aromatic heterocycles. The van der Waals surface area contributed by atoms with Crippen LogP contribution in [0.25, 0.3) is 11.0 Å². The minimum Gasteiger partial charge on any atom is -0.464 e. The van der Waals surface area contributed by atoms with Crippen molar-refractivity contribution in [3.63, 3.8) is 0 Å². The minimum absolute atomic E-state index is 0.996. The lowest BCUT2D eigenvalue weighted by atomic mass is 10.1. The quantitative estimate of drug-likeness (QED) is 0.857. The van der Waals surface area contributed by atoms with Crippen LogP contribution in [0, 0.1) is 0 Å². The summed E-state index contributed by atoms with van der Waals surface area (Å²) in [5.74, 6) is 0. The molecule has 3 heteroatoms. The summed E-state index contributed by atoms with van der Waals surface area (Å²) in [4.78, 5) is 2.50. The van der Waals surface area contributed by atoms with Gasteiger partial charge in [0.25, 0.3) is 0 Å². The van der Waals surface area contributed by atoms with Crippen LogP contribution in [-0.2, 0) is 6.54 Å². The van der Waals surface area contributed by atoms with Crippen molar-refractivity contribution in [3.05, 3.63) is 36.1 Å². The van der Waals surface area contributed by atoms with Crippen LogP contribution in [0.2, 0.25) is 0 Å². The lowest BCUT2D eigenvalue weighted by Gasteiger charge is -2.19. The topological polar surface area (TPSA) is 28.4 Å². The predicted molar refractivity (Wildman–Crippen MR) is 69.0 cm³/mol. The molecule has 1 aliphatic heterocycles. The van der Waals surface area contributed by atoms with Crippen LogP contribution in [-0.4, -0.2) is 31.1 Å². The first-order valence-corrected chi connectivity index (χ1v) is 6.31. The summed E-state index contributed by atoms with van der Waals surface area (Å²) in [6.45, 7) is 5.59. The molecule has 0 radical (unpaired) electrons. The Kier molecular flexibility index (Phi) is 3.12. The van der Waals surface area contributed by atoms with Crippen LogP contribution in [0.4, 0.5) is 0 Å². The van der Waals surface area contributed by atoms with Gasteiger partial charge in [-0.15, -0.1) is 0 Å². The normalized spacial score (nSPS) is 18.4. The van der Waals surface area contributed by atoms with Gasteiger partial charge in [-0.25, -0.2) is 0 Å². The molecule has 2 aromatic rings. The van der Waals surface area contributed by atoms with Crippen LogP contribution >= 0.6 is 0 Å². The monoisotopic (exact) mass is 230 g/mol. The molecular formula is C14H18N2O. The second kappa shape index (κ2) is 4.90. The third-order valence-electron chi connectivity index (χ3n) is 3.36. The lowest BCUT2D eigenvalue weighted by molar-refractivity contribution is 0.284. The standard InChI is InChI=1S/C14H18N2O/c1-5-15-6-8-16(7-1)11-12-2-3-13-4-9-17-14(13)10-12/h2-4,9-10,15H,1,5-8,11H2. The molecule has 1 fully saturated rings. The third kappa shape index (κ3) is 2.51. The number of hydrogen-bond donors (Lipinski definition) is 1. The molecule has 0 bridgehead atoms. The van der Waals surface area contributed by atoms with Crippen molar-refractivity contribution in [2.45, 2.75) is 13.0 Å². The molecule has 0 unspecified atom stereocenters. The molecule has 1 saturated heterocycles. The Balaban J connectivity index is 1.74. The summed E-state index contributed by atoms with van der Waals surface area (Å²) in [5.41, 5.74) is 2.34. The first-order valence-electron chi connectivity index (χ1n) is 6.31. The molecule has 0 aliphatic carbocycles. The number of benzene rings is 1. The van der Waals surface area contributed by atoms with Gasteiger partial charge < -0.3 is 9.73 Å². The van der Waals surface area contributed by atoms with E-state index in [1.54, 1.807) is 6.26 Å². The second-order valence-corrected chi connectivity index (χ2v) is 4.67. The van der Waals surface area contributed by atoms with Crippen LogP contribution < -0.4 is 5.32 Å². The highest BCUT2D eigenvalue weighted by Gasteiger charge is 2.09. The zero-order valence-electron chi connectivity index (χ0n) is 9.98. The molecule has 2 heterocycles. The van der Waals surface area contributed by atoms with E-state index in [2.05, 4.69) is 28.4 Å². The Labute approximate surface area is 101 Å². The van der Waals surface area contributed by atoms with Gasteiger partial charge in [0, 0.05) is 25.0 Å². The van der Waals surface area contributed by atoms with E-state index in [0.717, 1.165) is 31.8 Å². The lowest BCUT2D eigenvalue weighted by Crippen LogP contribution is -2.27. The predicted octanol–water partition coefficient (Wildman–Crippen LogP) is 2.23. The van der Waals surface area contributed by atoms with E-state index < -0.39 is 0 Å². The van der Waals surface area contributed by atoms with Gasteiger partial charge in [-0.05, 0) is 37.2 Å². The Morgan fingerprint density at radius 3 is 3.18 bits per heavy atom. The second-order valence-electron chi connectivity index (χ2n) is 4.67. The van der Waals surface area contributed by atoms with Gasteiger partial charge in [0.1, 0.15) is 5.58 Å². The van der Waals surface area contributed by atoms with Gasteiger partial charge in [0.05, 0.1) is 6.26 Å². The SMILES string of the molecule is c1cc2ccc(CN3CCCNCC3)cc2o1. The highest BCUT2D eigenvalue weighted by Crippen LogP contribution is 2.18. The number of nitrogens with one attached hydrogen (secondary N) is 1. The third-order valence-corrected chi connectivity index (χ3v) is 3.36. The van der Waals surface area contributed by atoms with Gasteiger partial charge >= 0.3 is 0 Å². The van der Waals surface area contributed by atoms with E-state index in [1.165, 1.54) is 23.9 Å². The molecule has 0 amide bonds. The van der Waals surface area contributed by atoms with Crippen molar-refractivity contribution < 1.29 is 4.42 Å². The zero-order chi connectivity index (χ0) is 11.5. The van der Waals surface area contributed by atoms with Gasteiger partial charge in [-0.1, -0.05) is 12.1 Å². The van der Waals surface area contributed by atoms with Gasteiger partial charge in [-0.2, -0.15) is 0 Å². The fourth-order valence-electron chi connectivity index (χ4n) is 2.42. The Morgan fingerprint density at radius 1 is 1.18 bits per heavy atom. The molecule has 17 heavy (non-hydrogen) atoms. The van der Waals surface area contributed by atoms with Crippen molar-refractivity contribution in [1.29, 1.82) is 0 Å². The first-order chi connectivity index (χ1) is 8.42. The Morgan fingerprint density at radius 2 is 2.18 bits per heavy atom. The first kappa shape index (κ1) is 10.8. The minimum atomic E-state index is 0.996. The van der Waals surface area contributed by atoms with Crippen molar-refractivity contribution in [1.82, 2.24) is 10.2 Å². The summed E-state index contributed by atoms with van der Waals surface area (Å²) in [6, 6.07) is 8.52. The van der Waals surface area contributed by atoms with E-state index in [1.807, 2.05) is 6.07 Å². The van der Waals surface area contributed by atoms with Crippen LogP contribution in [0.5, 0.6) is 0 Å². The molecule has 90 valence electrons. The average Bonchev–Trinajstić information content (AvgIpc) is 2.65. The molecule has 3 rings (SSSR count). The molecule has 0 saturated carbocycles. The van der Waals surface area contributed by atoms with E-state index >= 15 is 0 Å². The highest BCUT2D eigenvalue weighted by atomic mass is 16.3. The largest absolute Gasteiger partial charge is 0.464 e. The summed E-state index contributed by atoms with van der Waals surface area (Å²) in [6.07, 6.45) is 2.99. The molecular weight excluding hydrogens is 212 g/mol. The van der Waals surface area contributed by atoms with E-state index in [0.29, 0.717) is 0 Å². The van der Waals surface area contributed by atoms with E-state index in [4.69, 9.17) is 4.42 Å². The summed E-state index contributed by atoms with van der Waals surface area (Å²) >= 11 is 0. The molecule has 1 aliphatic rings. The fraction of sp³-hybridized carbons (Fsp3) is 0.429. The molecule has 0 atom stereocenters. The summed E-state index contributed by atoms with van der Waals surface area (Å²) in [7, 11) is 0.